The molecule has 0 aromatic rings. The molecule has 1 amide bonds. The first-order chi connectivity index (χ1) is 7.97. The molecule has 5 heteroatoms. The lowest BCUT2D eigenvalue weighted by Gasteiger charge is -2.09. The Morgan fingerprint density at radius 2 is 2.12 bits per heavy atom. The van der Waals surface area contributed by atoms with Gasteiger partial charge in [-0.25, -0.2) is 0 Å². The van der Waals surface area contributed by atoms with Gasteiger partial charge in [0, 0.05) is 18.8 Å². The van der Waals surface area contributed by atoms with Crippen LogP contribution in [0.1, 0.15) is 20.3 Å². The summed E-state index contributed by atoms with van der Waals surface area (Å²) in [5.41, 5.74) is 0.114. The predicted octanol–water partition coefficient (Wildman–Crippen LogP) is 0.460. The number of amides is 1. The molecule has 0 aliphatic heterocycles. The Kier molecular flexibility index (Phi) is 7.82. The van der Waals surface area contributed by atoms with E-state index in [9.17, 15) is 4.79 Å². The Bertz CT molecular complexity index is 302. The first-order valence-electron chi connectivity index (χ1n) is 5.76. The van der Waals surface area contributed by atoms with Crippen LogP contribution in [0, 0.1) is 11.3 Å². The third-order valence-corrected chi connectivity index (χ3v) is 1.96. The van der Waals surface area contributed by atoms with E-state index in [4.69, 9.17) is 5.26 Å². The van der Waals surface area contributed by atoms with E-state index >= 15 is 0 Å². The highest BCUT2D eigenvalue weighted by Crippen LogP contribution is 1.92. The lowest BCUT2D eigenvalue weighted by Crippen LogP contribution is -2.31. The zero-order valence-corrected chi connectivity index (χ0v) is 11.1. The number of nitriles is 1. The summed E-state index contributed by atoms with van der Waals surface area (Å²) in [6.45, 7) is 5.44. The second-order valence-electron chi connectivity index (χ2n) is 4.41. The Morgan fingerprint density at radius 3 is 2.59 bits per heavy atom. The molecular formula is C12H22N4O. The van der Waals surface area contributed by atoms with Gasteiger partial charge in [0.05, 0.1) is 0 Å². The molecular weight excluding hydrogens is 216 g/mol. The number of hydrogen-bond donors (Lipinski definition) is 2. The Morgan fingerprint density at radius 1 is 1.47 bits per heavy atom. The summed E-state index contributed by atoms with van der Waals surface area (Å²) in [5, 5.41) is 14.5. The molecule has 0 heterocycles. The number of nitrogens with zero attached hydrogens (tertiary/aromatic N) is 2. The lowest BCUT2D eigenvalue weighted by atomic mass is 10.2. The fourth-order valence-corrected chi connectivity index (χ4v) is 1.16. The van der Waals surface area contributed by atoms with Crippen molar-refractivity contribution in [3.05, 3.63) is 11.8 Å². The summed E-state index contributed by atoms with van der Waals surface area (Å²) in [5.74, 6) is -0.331. The third kappa shape index (κ3) is 8.29. The number of rotatable bonds is 7. The Hall–Kier alpha value is -1.54. The van der Waals surface area contributed by atoms with E-state index in [0.29, 0.717) is 0 Å². The van der Waals surface area contributed by atoms with Gasteiger partial charge in [-0.2, -0.15) is 5.26 Å². The fraction of sp³-hybridized carbons (Fsp3) is 0.667. The van der Waals surface area contributed by atoms with Gasteiger partial charge in [-0.15, -0.1) is 0 Å². The minimum Gasteiger partial charge on any atom is -0.390 e. The van der Waals surface area contributed by atoms with Crippen molar-refractivity contribution in [2.24, 2.45) is 0 Å². The normalized spacial score (nSPS) is 11.5. The van der Waals surface area contributed by atoms with Crippen molar-refractivity contribution < 1.29 is 4.79 Å². The molecule has 0 fully saturated rings. The van der Waals surface area contributed by atoms with E-state index in [2.05, 4.69) is 15.5 Å². The standard InChI is InChI=1S/C12H22N4O/c1-10(2)15-12(17)11(8-13)9-14-6-5-7-16(3)4/h9-10,14H,5-7H2,1-4H3,(H,15,17)/b11-9-. The lowest BCUT2D eigenvalue weighted by molar-refractivity contribution is -0.117. The van der Waals surface area contributed by atoms with Crippen LogP contribution in [-0.2, 0) is 4.79 Å². The van der Waals surface area contributed by atoms with Crippen molar-refractivity contribution in [2.45, 2.75) is 26.3 Å². The van der Waals surface area contributed by atoms with E-state index in [1.807, 2.05) is 34.0 Å². The highest BCUT2D eigenvalue weighted by Gasteiger charge is 2.08. The minimum atomic E-state index is -0.331. The summed E-state index contributed by atoms with van der Waals surface area (Å²) in [6, 6.07) is 1.92. The molecule has 0 rings (SSSR count). The van der Waals surface area contributed by atoms with E-state index in [1.54, 1.807) is 0 Å². The van der Waals surface area contributed by atoms with Crippen molar-refractivity contribution >= 4 is 5.91 Å². The monoisotopic (exact) mass is 238 g/mol. The summed E-state index contributed by atoms with van der Waals surface area (Å²) in [6.07, 6.45) is 2.45. The van der Waals surface area contributed by atoms with Crippen molar-refractivity contribution in [3.63, 3.8) is 0 Å². The van der Waals surface area contributed by atoms with Gasteiger partial charge in [0.2, 0.25) is 0 Å². The van der Waals surface area contributed by atoms with Gasteiger partial charge >= 0.3 is 0 Å². The van der Waals surface area contributed by atoms with Crippen LogP contribution in [-0.4, -0.2) is 44.0 Å². The van der Waals surface area contributed by atoms with Crippen LogP contribution in [0.3, 0.4) is 0 Å². The van der Waals surface area contributed by atoms with Crippen LogP contribution in [0.5, 0.6) is 0 Å². The van der Waals surface area contributed by atoms with Gasteiger partial charge in [0.1, 0.15) is 11.6 Å². The number of carbonyl (C=O) groups is 1. The third-order valence-electron chi connectivity index (χ3n) is 1.96. The maximum atomic E-state index is 11.5. The SMILES string of the molecule is CC(C)NC(=O)/C(C#N)=C\NCCCN(C)C. The average molecular weight is 238 g/mol. The van der Waals surface area contributed by atoms with Gasteiger partial charge in [0.25, 0.3) is 5.91 Å². The van der Waals surface area contributed by atoms with Crippen LogP contribution >= 0.6 is 0 Å². The zero-order valence-electron chi connectivity index (χ0n) is 11.1. The second kappa shape index (κ2) is 8.59. The van der Waals surface area contributed by atoms with Crippen molar-refractivity contribution in [1.29, 1.82) is 5.26 Å². The van der Waals surface area contributed by atoms with Gasteiger partial charge in [-0.3, -0.25) is 4.79 Å². The fourth-order valence-electron chi connectivity index (χ4n) is 1.16. The van der Waals surface area contributed by atoms with E-state index in [-0.39, 0.29) is 17.5 Å². The molecule has 0 radical (unpaired) electrons. The summed E-state index contributed by atoms with van der Waals surface area (Å²) >= 11 is 0. The first kappa shape index (κ1) is 15.5. The van der Waals surface area contributed by atoms with E-state index < -0.39 is 0 Å². The highest BCUT2D eigenvalue weighted by atomic mass is 16.1. The molecule has 0 aromatic carbocycles. The Balaban J connectivity index is 4.02. The molecule has 5 nitrogen and oxygen atoms in total. The van der Waals surface area contributed by atoms with Crippen LogP contribution in [0.2, 0.25) is 0 Å². The maximum absolute atomic E-state index is 11.5. The van der Waals surface area contributed by atoms with Gasteiger partial charge in [-0.1, -0.05) is 0 Å². The summed E-state index contributed by atoms with van der Waals surface area (Å²) in [4.78, 5) is 13.6. The molecule has 2 N–H and O–H groups in total. The van der Waals surface area contributed by atoms with Gasteiger partial charge < -0.3 is 15.5 Å². The largest absolute Gasteiger partial charge is 0.390 e. The molecule has 0 saturated carbocycles. The first-order valence-corrected chi connectivity index (χ1v) is 5.76. The van der Waals surface area contributed by atoms with Gasteiger partial charge in [0.15, 0.2) is 0 Å². The Labute approximate surface area is 103 Å². The number of nitrogens with one attached hydrogen (secondary N) is 2. The van der Waals surface area contributed by atoms with Gasteiger partial charge in [-0.05, 0) is 40.9 Å². The van der Waals surface area contributed by atoms with Crippen LogP contribution in [0.4, 0.5) is 0 Å². The molecule has 0 spiro atoms. The minimum absolute atomic E-state index is 0.0352. The number of carbonyl (C=O) groups excluding carboxylic acids is 1. The maximum Gasteiger partial charge on any atom is 0.263 e. The highest BCUT2D eigenvalue weighted by molar-refractivity contribution is 5.97. The molecule has 0 unspecified atom stereocenters. The topological polar surface area (TPSA) is 68.2 Å². The molecule has 0 aliphatic rings. The predicted molar refractivity (Wildman–Crippen MR) is 68.1 cm³/mol. The van der Waals surface area contributed by atoms with Crippen LogP contribution < -0.4 is 10.6 Å². The van der Waals surface area contributed by atoms with Crippen molar-refractivity contribution in [2.75, 3.05) is 27.2 Å². The van der Waals surface area contributed by atoms with Crippen molar-refractivity contribution in [1.82, 2.24) is 15.5 Å². The van der Waals surface area contributed by atoms with Crippen molar-refractivity contribution in [3.8, 4) is 6.07 Å². The summed E-state index contributed by atoms with van der Waals surface area (Å²) in [7, 11) is 4.01. The molecule has 17 heavy (non-hydrogen) atoms. The molecule has 0 atom stereocenters. The van der Waals surface area contributed by atoms with Crippen LogP contribution in [0.25, 0.3) is 0 Å². The molecule has 0 aliphatic carbocycles. The summed E-state index contributed by atoms with van der Waals surface area (Å²) < 4.78 is 0. The average Bonchev–Trinajstić information content (AvgIpc) is 2.21. The van der Waals surface area contributed by atoms with Crippen LogP contribution in [0.15, 0.2) is 11.8 Å². The zero-order chi connectivity index (χ0) is 13.3. The molecule has 0 aromatic heterocycles. The quantitative estimate of drug-likeness (QED) is 0.384. The molecule has 0 saturated heterocycles. The van der Waals surface area contributed by atoms with E-state index in [1.165, 1.54) is 6.20 Å². The van der Waals surface area contributed by atoms with E-state index in [0.717, 1.165) is 19.5 Å². The molecule has 0 bridgehead atoms. The number of hydrogen-bond acceptors (Lipinski definition) is 4. The smallest absolute Gasteiger partial charge is 0.263 e. The molecule has 96 valence electrons. The second-order valence-corrected chi connectivity index (χ2v) is 4.41.